The Morgan fingerprint density at radius 2 is 2.02 bits per heavy atom. The van der Waals surface area contributed by atoms with Crippen molar-refractivity contribution in [3.05, 3.63) is 107 Å². The molecule has 0 spiro atoms. The lowest BCUT2D eigenvalue weighted by Gasteiger charge is -2.36. The van der Waals surface area contributed by atoms with Gasteiger partial charge in [-0.1, -0.05) is 25.1 Å². The fourth-order valence-corrected chi connectivity index (χ4v) is 7.21. The van der Waals surface area contributed by atoms with Gasteiger partial charge in [0.1, 0.15) is 36.2 Å². The molecule has 0 bridgehead atoms. The summed E-state index contributed by atoms with van der Waals surface area (Å²) < 4.78 is 43.7. The summed E-state index contributed by atoms with van der Waals surface area (Å²) in [5, 5.41) is 31.7. The lowest BCUT2D eigenvalue weighted by atomic mass is 9.81. The summed E-state index contributed by atoms with van der Waals surface area (Å²) in [6, 6.07) is 15.5. The van der Waals surface area contributed by atoms with Gasteiger partial charge in [-0.3, -0.25) is 15.0 Å². The Labute approximate surface area is 298 Å². The highest BCUT2D eigenvalue weighted by atomic mass is 32.2. The van der Waals surface area contributed by atoms with Crippen LogP contribution in [0.3, 0.4) is 0 Å². The standard InChI is InChI=1S/C35H39F2N8O5S/c1-22(33-42-30(18-51-33)25-9-7-24(15-38)8-10-25)35(48,28-14-27(36)11-12-29(28)37)19-45-21-44(20-41-45)23(2)50-34(47)43(4)32-26(6-5-13-40-32)17-49-31(46)16-39-3/h5-14,20-23,30,33,39,42,48H,16-19H2,1-4H3/q+1/t22-,23?,30?,33?,35+/m0/s1. The van der Waals surface area contributed by atoms with Crippen molar-refractivity contribution < 1.29 is 37.5 Å². The Bertz CT molecular complexity index is 1890. The van der Waals surface area contributed by atoms with Crippen molar-refractivity contribution in [3.63, 3.8) is 0 Å². The second-order valence-corrected chi connectivity index (χ2v) is 13.3. The molecule has 16 heteroatoms. The number of pyridine rings is 1. The normalized spacial score (nSPS) is 17.9. The summed E-state index contributed by atoms with van der Waals surface area (Å²) in [6.07, 6.45) is 2.75. The van der Waals surface area contributed by atoms with Gasteiger partial charge >= 0.3 is 12.1 Å². The number of esters is 1. The van der Waals surface area contributed by atoms with Crippen LogP contribution in [0.15, 0.2) is 73.4 Å². The van der Waals surface area contributed by atoms with E-state index in [0.29, 0.717) is 16.9 Å². The van der Waals surface area contributed by atoms with Gasteiger partial charge in [0.15, 0.2) is 0 Å². The van der Waals surface area contributed by atoms with Gasteiger partial charge in [-0.25, -0.2) is 18.6 Å². The number of nitrogens with zero attached hydrogens (tertiary/aromatic N) is 6. The molecule has 2 aromatic carbocycles. The molecule has 1 aliphatic heterocycles. The summed E-state index contributed by atoms with van der Waals surface area (Å²) in [7, 11) is 3.09. The van der Waals surface area contributed by atoms with Gasteiger partial charge in [-0.15, -0.1) is 16.4 Å². The molecular formula is C35H39F2N8O5S+. The molecule has 3 unspecified atom stereocenters. The van der Waals surface area contributed by atoms with E-state index in [1.54, 1.807) is 56.9 Å². The number of halogens is 2. The van der Waals surface area contributed by atoms with E-state index in [0.717, 1.165) is 23.8 Å². The molecule has 3 N–H and O–H groups in total. The molecule has 1 aliphatic rings. The Hall–Kier alpha value is -4.95. The molecule has 3 heterocycles. The van der Waals surface area contributed by atoms with Crippen molar-refractivity contribution in [3.8, 4) is 6.07 Å². The zero-order valence-electron chi connectivity index (χ0n) is 28.5. The topological polar surface area (TPSA) is 159 Å². The largest absolute Gasteiger partial charge is 0.460 e. The van der Waals surface area contributed by atoms with E-state index < -0.39 is 41.4 Å². The third kappa shape index (κ3) is 8.68. The van der Waals surface area contributed by atoms with E-state index in [1.165, 1.54) is 40.0 Å². The van der Waals surface area contributed by atoms with Gasteiger partial charge < -0.3 is 19.9 Å². The zero-order valence-corrected chi connectivity index (χ0v) is 29.3. The van der Waals surface area contributed by atoms with Gasteiger partial charge in [0.05, 0.1) is 23.6 Å². The number of anilines is 1. The number of aliphatic hydroxyl groups is 1. The van der Waals surface area contributed by atoms with Crippen LogP contribution < -0.4 is 20.1 Å². The summed E-state index contributed by atoms with van der Waals surface area (Å²) in [5.74, 6) is -1.70. The average Bonchev–Trinajstić information content (AvgIpc) is 3.82. The second-order valence-electron chi connectivity index (χ2n) is 12.2. The first-order chi connectivity index (χ1) is 24.4. The zero-order chi connectivity index (χ0) is 36.7. The second kappa shape index (κ2) is 16.4. The molecule has 0 aliphatic carbocycles. The number of nitrogens with one attached hydrogen (secondary N) is 2. The molecule has 0 saturated carbocycles. The quantitative estimate of drug-likeness (QED) is 0.137. The van der Waals surface area contributed by atoms with Gasteiger partial charge in [-0.05, 0) is 49.0 Å². The Balaban J connectivity index is 1.31. The van der Waals surface area contributed by atoms with Crippen molar-refractivity contribution in [1.29, 1.82) is 5.26 Å². The average molecular weight is 722 g/mol. The van der Waals surface area contributed by atoms with Crippen LogP contribution in [0.1, 0.15) is 48.4 Å². The lowest BCUT2D eigenvalue weighted by Crippen LogP contribution is -2.47. The van der Waals surface area contributed by atoms with Crippen molar-refractivity contribution in [2.24, 2.45) is 5.92 Å². The van der Waals surface area contributed by atoms with Crippen molar-refractivity contribution in [2.75, 3.05) is 31.3 Å². The molecule has 1 fully saturated rings. The van der Waals surface area contributed by atoms with Crippen LogP contribution in [0, 0.1) is 28.9 Å². The third-order valence-corrected chi connectivity index (χ3v) is 10.1. The van der Waals surface area contributed by atoms with Crippen molar-refractivity contribution in [1.82, 2.24) is 25.4 Å². The highest BCUT2D eigenvalue weighted by molar-refractivity contribution is 8.00. The van der Waals surface area contributed by atoms with E-state index >= 15 is 4.39 Å². The molecule has 5 rings (SSSR count). The van der Waals surface area contributed by atoms with Crippen LogP contribution in [0.4, 0.5) is 19.4 Å². The van der Waals surface area contributed by atoms with E-state index in [-0.39, 0.29) is 42.5 Å². The molecule has 51 heavy (non-hydrogen) atoms. The van der Waals surface area contributed by atoms with Crippen LogP contribution in [0.5, 0.6) is 0 Å². The predicted molar refractivity (Wildman–Crippen MR) is 183 cm³/mol. The first kappa shape index (κ1) is 37.3. The van der Waals surface area contributed by atoms with Crippen LogP contribution in [0.2, 0.25) is 0 Å². The van der Waals surface area contributed by atoms with Crippen molar-refractivity contribution >= 4 is 29.6 Å². The smallest absolute Gasteiger partial charge is 0.418 e. The fourth-order valence-electron chi connectivity index (χ4n) is 5.75. The maximum absolute atomic E-state index is 15.4. The number of hydrogen-bond donors (Lipinski definition) is 3. The monoisotopic (exact) mass is 721 g/mol. The molecule has 5 atom stereocenters. The van der Waals surface area contributed by atoms with Crippen LogP contribution in [0.25, 0.3) is 0 Å². The molecule has 0 radical (unpaired) electrons. The summed E-state index contributed by atoms with van der Waals surface area (Å²) in [5.41, 5.74) is -0.158. The third-order valence-electron chi connectivity index (χ3n) is 8.72. The molecule has 2 aromatic heterocycles. The molecule has 13 nitrogen and oxygen atoms in total. The van der Waals surface area contributed by atoms with Gasteiger partial charge in [0, 0.05) is 54.1 Å². The lowest BCUT2D eigenvalue weighted by molar-refractivity contribution is -0.753. The molecule has 4 aromatic rings. The summed E-state index contributed by atoms with van der Waals surface area (Å²) in [6.45, 7) is 3.05. The highest BCUT2D eigenvalue weighted by Crippen LogP contribution is 2.42. The van der Waals surface area contributed by atoms with E-state index in [2.05, 4.69) is 26.8 Å². The Kier molecular flexibility index (Phi) is 12.0. The van der Waals surface area contributed by atoms with E-state index in [1.807, 2.05) is 12.1 Å². The minimum atomic E-state index is -1.94. The summed E-state index contributed by atoms with van der Waals surface area (Å²) >= 11 is 1.55. The van der Waals surface area contributed by atoms with E-state index in [9.17, 15) is 19.1 Å². The Morgan fingerprint density at radius 3 is 2.75 bits per heavy atom. The number of benzene rings is 2. The number of thioether (sulfide) groups is 1. The number of nitriles is 1. The maximum atomic E-state index is 15.4. The number of rotatable bonds is 13. The minimum Gasteiger partial charge on any atom is -0.460 e. The SMILES string of the molecule is CNCC(=O)OCc1cccnc1N(C)C(=O)OC(C)[n+]1cnn(C[C@](O)(c2cc(F)ccc2F)[C@@H](C)C2NC(c3ccc(C#N)cc3)CS2)c1. The number of aromatic nitrogens is 4. The minimum absolute atomic E-state index is 0.0279. The van der Waals surface area contributed by atoms with Crippen LogP contribution in [-0.2, 0) is 33.0 Å². The van der Waals surface area contributed by atoms with Crippen LogP contribution >= 0.6 is 11.8 Å². The maximum Gasteiger partial charge on any atom is 0.418 e. The predicted octanol–water partition coefficient (Wildman–Crippen LogP) is 3.70. The molecular weight excluding hydrogens is 682 g/mol. The number of carbonyl (C=O) groups excluding carboxylic acids is 2. The molecule has 1 saturated heterocycles. The first-order valence-corrected chi connectivity index (χ1v) is 17.2. The molecule has 1 amide bonds. The number of carbonyl (C=O) groups is 2. The molecule has 268 valence electrons. The number of hydrogen-bond acceptors (Lipinski definition) is 11. The highest BCUT2D eigenvalue weighted by Gasteiger charge is 2.47. The fraction of sp³-hybridized carbons (Fsp3) is 0.371. The number of ether oxygens (including phenoxy) is 2. The summed E-state index contributed by atoms with van der Waals surface area (Å²) in [4.78, 5) is 30.5. The van der Waals surface area contributed by atoms with Gasteiger partial charge in [0.25, 0.3) is 6.33 Å². The van der Waals surface area contributed by atoms with E-state index in [4.69, 9.17) is 14.7 Å². The van der Waals surface area contributed by atoms with Crippen molar-refractivity contribution in [2.45, 2.75) is 50.2 Å². The van der Waals surface area contributed by atoms with Crippen LogP contribution in [-0.4, -0.2) is 63.7 Å². The first-order valence-electron chi connectivity index (χ1n) is 16.1. The van der Waals surface area contributed by atoms with Gasteiger partial charge in [0.2, 0.25) is 12.6 Å². The Morgan fingerprint density at radius 1 is 1.25 bits per heavy atom. The van der Waals surface area contributed by atoms with Gasteiger partial charge in [-0.2, -0.15) is 9.83 Å². The number of amides is 1. The number of likely N-dealkylation sites (N-methyl/N-ethyl adjacent to an activating group) is 1.